The molecule has 7 aromatic carbocycles. The van der Waals surface area contributed by atoms with E-state index in [2.05, 4.69) is 138 Å². The molecule has 0 amide bonds. The molecule has 0 bridgehead atoms. The zero-order valence-corrected chi connectivity index (χ0v) is 27.7. The van der Waals surface area contributed by atoms with Gasteiger partial charge in [0.25, 0.3) is 0 Å². The second kappa shape index (κ2) is 11.6. The molecule has 0 atom stereocenters. The van der Waals surface area contributed by atoms with Crippen molar-refractivity contribution in [3.63, 3.8) is 0 Å². The average molecular weight is 657 g/mol. The lowest BCUT2D eigenvalue weighted by molar-refractivity contribution is 1.08. The van der Waals surface area contributed by atoms with Crippen molar-refractivity contribution in [1.82, 2.24) is 19.5 Å². The number of hydrogen-bond donors (Lipinski definition) is 0. The van der Waals surface area contributed by atoms with Crippen molar-refractivity contribution < 1.29 is 0 Å². The molecule has 10 aromatic rings. The van der Waals surface area contributed by atoms with Crippen LogP contribution in [-0.2, 0) is 0 Å². The van der Waals surface area contributed by atoms with Gasteiger partial charge in [0.1, 0.15) is 0 Å². The molecule has 0 aliphatic heterocycles. The fraction of sp³-hybridized carbons (Fsp3) is 0. The summed E-state index contributed by atoms with van der Waals surface area (Å²) < 4.78 is 4.76. The molecule has 4 nitrogen and oxygen atoms in total. The third-order valence-electron chi connectivity index (χ3n) is 9.44. The lowest BCUT2D eigenvalue weighted by Gasteiger charge is -2.12. The van der Waals surface area contributed by atoms with Crippen LogP contribution in [0.25, 0.3) is 93.0 Å². The van der Waals surface area contributed by atoms with Gasteiger partial charge in [-0.3, -0.25) is 0 Å². The van der Waals surface area contributed by atoms with Crippen LogP contribution in [0.15, 0.2) is 170 Å². The minimum Gasteiger partial charge on any atom is -0.309 e. The Morgan fingerprint density at radius 3 is 1.66 bits per heavy atom. The highest BCUT2D eigenvalue weighted by Gasteiger charge is 2.19. The molecule has 0 saturated heterocycles. The quantitative estimate of drug-likeness (QED) is 0.185. The van der Waals surface area contributed by atoms with Crippen LogP contribution in [0, 0.1) is 0 Å². The zero-order valence-electron chi connectivity index (χ0n) is 26.9. The van der Waals surface area contributed by atoms with Crippen molar-refractivity contribution in [1.29, 1.82) is 0 Å². The number of nitrogens with zero attached hydrogens (tertiary/aromatic N) is 4. The normalized spacial score (nSPS) is 11.6. The van der Waals surface area contributed by atoms with Crippen molar-refractivity contribution >= 4 is 53.3 Å². The largest absolute Gasteiger partial charge is 0.309 e. The van der Waals surface area contributed by atoms with Crippen molar-refractivity contribution in [3.8, 4) is 51.0 Å². The third kappa shape index (κ3) is 4.71. The van der Waals surface area contributed by atoms with E-state index in [1.807, 2.05) is 36.4 Å². The molecule has 0 aliphatic rings. The van der Waals surface area contributed by atoms with Gasteiger partial charge in [-0.05, 0) is 59.7 Å². The van der Waals surface area contributed by atoms with E-state index in [4.69, 9.17) is 15.0 Å². The molecule has 5 heteroatoms. The first-order chi connectivity index (χ1) is 24.8. The number of para-hydroxylation sites is 2. The summed E-state index contributed by atoms with van der Waals surface area (Å²) in [6.07, 6.45) is 0. The highest BCUT2D eigenvalue weighted by Crippen LogP contribution is 2.43. The van der Waals surface area contributed by atoms with Gasteiger partial charge in [-0.15, -0.1) is 11.3 Å². The molecule has 3 heterocycles. The van der Waals surface area contributed by atoms with Gasteiger partial charge < -0.3 is 4.57 Å². The Bertz CT molecular complexity index is 2800. The summed E-state index contributed by atoms with van der Waals surface area (Å²) in [6.45, 7) is 0. The van der Waals surface area contributed by atoms with Crippen LogP contribution < -0.4 is 0 Å². The van der Waals surface area contributed by atoms with Crippen LogP contribution in [0.3, 0.4) is 0 Å². The maximum Gasteiger partial charge on any atom is 0.165 e. The summed E-state index contributed by atoms with van der Waals surface area (Å²) in [6, 6.07) is 59.7. The highest BCUT2D eigenvalue weighted by atomic mass is 32.1. The van der Waals surface area contributed by atoms with E-state index in [1.165, 1.54) is 42.0 Å². The number of rotatable bonds is 5. The first kappa shape index (κ1) is 28.6. The Labute approximate surface area is 292 Å². The molecule has 0 spiro atoms. The van der Waals surface area contributed by atoms with E-state index in [0.29, 0.717) is 17.5 Å². The molecule has 0 fully saturated rings. The fourth-order valence-electron chi connectivity index (χ4n) is 7.10. The number of fused-ring (bicyclic) bond motifs is 6. The topological polar surface area (TPSA) is 43.6 Å². The standard InChI is InChI=1S/C45H28N4S/c1-4-14-29(15-5-1)43-46-44(30-16-6-2-7-17-30)48-45(47-43)38-28-32(27-37-35-21-11-13-23-41(35)50-42(37)38)31-24-25-40-36(26-31)34-20-10-12-22-39(34)49(40)33-18-8-3-9-19-33/h1-28H. The molecular formula is C45H28N4S. The van der Waals surface area contributed by atoms with Crippen LogP contribution in [-0.4, -0.2) is 19.5 Å². The molecule has 0 radical (unpaired) electrons. The molecular weight excluding hydrogens is 629 g/mol. The Hall–Kier alpha value is -6.43. The first-order valence-corrected chi connectivity index (χ1v) is 17.5. The van der Waals surface area contributed by atoms with Crippen molar-refractivity contribution in [2.75, 3.05) is 0 Å². The maximum atomic E-state index is 5.16. The second-order valence-electron chi connectivity index (χ2n) is 12.5. The molecule has 234 valence electrons. The van der Waals surface area contributed by atoms with E-state index in [0.717, 1.165) is 33.5 Å². The van der Waals surface area contributed by atoms with Crippen LogP contribution >= 0.6 is 11.3 Å². The Kier molecular flexibility index (Phi) is 6.64. The predicted molar refractivity (Wildman–Crippen MR) is 209 cm³/mol. The summed E-state index contributed by atoms with van der Waals surface area (Å²) in [5.74, 6) is 1.98. The molecule has 3 aromatic heterocycles. The predicted octanol–water partition coefficient (Wildman–Crippen LogP) is 12.0. The van der Waals surface area contributed by atoms with Gasteiger partial charge in [-0.25, -0.2) is 15.0 Å². The zero-order chi connectivity index (χ0) is 33.0. The minimum absolute atomic E-state index is 0.657. The number of benzene rings is 7. The molecule has 10 rings (SSSR count). The Balaban J connectivity index is 1.24. The highest BCUT2D eigenvalue weighted by molar-refractivity contribution is 7.26. The van der Waals surface area contributed by atoms with Gasteiger partial charge in [0.2, 0.25) is 0 Å². The fourth-order valence-corrected chi connectivity index (χ4v) is 8.29. The maximum absolute atomic E-state index is 5.16. The van der Waals surface area contributed by atoms with Crippen LogP contribution in [0.2, 0.25) is 0 Å². The van der Waals surface area contributed by atoms with Crippen LogP contribution in [0.1, 0.15) is 0 Å². The van der Waals surface area contributed by atoms with Crippen LogP contribution in [0.5, 0.6) is 0 Å². The van der Waals surface area contributed by atoms with E-state index >= 15 is 0 Å². The number of thiophene rings is 1. The van der Waals surface area contributed by atoms with E-state index in [9.17, 15) is 0 Å². The number of hydrogen-bond acceptors (Lipinski definition) is 4. The summed E-state index contributed by atoms with van der Waals surface area (Å²) >= 11 is 1.79. The van der Waals surface area contributed by atoms with E-state index < -0.39 is 0 Å². The van der Waals surface area contributed by atoms with E-state index in [1.54, 1.807) is 11.3 Å². The van der Waals surface area contributed by atoms with E-state index in [-0.39, 0.29) is 0 Å². The molecule has 0 saturated carbocycles. The van der Waals surface area contributed by atoms with Crippen LogP contribution in [0.4, 0.5) is 0 Å². The average Bonchev–Trinajstić information content (AvgIpc) is 3.74. The second-order valence-corrected chi connectivity index (χ2v) is 13.5. The summed E-state index contributed by atoms with van der Waals surface area (Å²) in [5.41, 5.74) is 8.71. The molecule has 0 unspecified atom stereocenters. The van der Waals surface area contributed by atoms with Crippen molar-refractivity contribution in [3.05, 3.63) is 170 Å². The van der Waals surface area contributed by atoms with Gasteiger partial charge in [0, 0.05) is 53.3 Å². The lowest BCUT2D eigenvalue weighted by atomic mass is 9.97. The van der Waals surface area contributed by atoms with Gasteiger partial charge in [-0.1, -0.05) is 121 Å². The SMILES string of the molecule is c1ccc(-c2nc(-c3ccccc3)nc(-c3cc(-c4ccc5c(c4)c4ccccc4n5-c4ccccc4)cc4c3sc3ccccc34)n2)cc1. The first-order valence-electron chi connectivity index (χ1n) is 16.7. The molecule has 50 heavy (non-hydrogen) atoms. The lowest BCUT2D eigenvalue weighted by Crippen LogP contribution is -2.00. The summed E-state index contributed by atoms with van der Waals surface area (Å²) in [7, 11) is 0. The minimum atomic E-state index is 0.657. The van der Waals surface area contributed by atoms with Gasteiger partial charge in [0.15, 0.2) is 17.5 Å². The smallest absolute Gasteiger partial charge is 0.165 e. The van der Waals surface area contributed by atoms with Gasteiger partial charge in [-0.2, -0.15) is 0 Å². The Morgan fingerprint density at radius 1 is 0.380 bits per heavy atom. The van der Waals surface area contributed by atoms with Crippen molar-refractivity contribution in [2.24, 2.45) is 0 Å². The monoisotopic (exact) mass is 656 g/mol. The van der Waals surface area contributed by atoms with Gasteiger partial charge in [0.05, 0.1) is 11.0 Å². The molecule has 0 N–H and O–H groups in total. The third-order valence-corrected chi connectivity index (χ3v) is 10.7. The Morgan fingerprint density at radius 2 is 0.940 bits per heavy atom. The molecule has 0 aliphatic carbocycles. The van der Waals surface area contributed by atoms with Gasteiger partial charge >= 0.3 is 0 Å². The summed E-state index contributed by atoms with van der Waals surface area (Å²) in [5, 5.41) is 4.88. The summed E-state index contributed by atoms with van der Waals surface area (Å²) in [4.78, 5) is 15.3. The number of aromatic nitrogens is 4. The van der Waals surface area contributed by atoms with Crippen molar-refractivity contribution in [2.45, 2.75) is 0 Å².